The first-order chi connectivity index (χ1) is 12.4. The van der Waals surface area contributed by atoms with Crippen molar-refractivity contribution in [1.29, 1.82) is 0 Å². The Morgan fingerprint density at radius 1 is 1.00 bits per heavy atom. The highest BCUT2D eigenvalue weighted by Crippen LogP contribution is 2.41. The van der Waals surface area contributed by atoms with Crippen LogP contribution in [0.3, 0.4) is 0 Å². The van der Waals surface area contributed by atoms with Gasteiger partial charge in [-0.15, -0.1) is 0 Å². The van der Waals surface area contributed by atoms with Gasteiger partial charge in [0, 0.05) is 18.1 Å². The van der Waals surface area contributed by atoms with Crippen molar-refractivity contribution in [2.75, 3.05) is 12.3 Å². The number of rotatable bonds is 6. The maximum atomic E-state index is 11.4. The summed E-state index contributed by atoms with van der Waals surface area (Å²) in [5.74, 6) is -0.257. The quantitative estimate of drug-likeness (QED) is 0.429. The van der Waals surface area contributed by atoms with Crippen molar-refractivity contribution in [2.45, 2.75) is 37.0 Å². The highest BCUT2D eigenvalue weighted by atomic mass is 32.2. The first kappa shape index (κ1) is 19.9. The molecule has 1 aliphatic rings. The van der Waals surface area contributed by atoms with Crippen LogP contribution in [-0.4, -0.2) is 49.0 Å². The highest BCUT2D eigenvalue weighted by Gasteiger charge is 2.38. The number of fused-ring (bicyclic) bond motifs is 3. The summed E-state index contributed by atoms with van der Waals surface area (Å²) >= 11 is 0. The molecule has 9 heteroatoms. The van der Waals surface area contributed by atoms with E-state index in [0.29, 0.717) is 19.4 Å². The largest absolute Gasteiger partial charge is 0.294 e. The van der Waals surface area contributed by atoms with Gasteiger partial charge < -0.3 is 0 Å². The van der Waals surface area contributed by atoms with E-state index in [1.807, 2.05) is 12.1 Å². The predicted molar refractivity (Wildman–Crippen MR) is 103 cm³/mol. The van der Waals surface area contributed by atoms with Crippen molar-refractivity contribution in [3.8, 4) is 0 Å². The molecule has 1 heterocycles. The van der Waals surface area contributed by atoms with E-state index in [2.05, 4.69) is 24.6 Å². The summed E-state index contributed by atoms with van der Waals surface area (Å²) in [5, 5.41) is 1.63. The third kappa shape index (κ3) is 4.21. The van der Waals surface area contributed by atoms with Crippen molar-refractivity contribution in [1.82, 2.24) is 0 Å². The second kappa shape index (κ2) is 6.66. The molecule has 0 unspecified atom stereocenters. The SMILES string of the molecule is CC1(C)C=[N+](CCCCS(=O)(=O)O)c2ccc3cc(S(=O)(=O)O)ccc3c21. The van der Waals surface area contributed by atoms with Crippen LogP contribution < -0.4 is 0 Å². The molecule has 0 saturated carbocycles. The summed E-state index contributed by atoms with van der Waals surface area (Å²) in [6.07, 6.45) is 3.04. The third-order valence-electron chi connectivity index (χ3n) is 4.75. The lowest BCUT2D eigenvalue weighted by atomic mass is 9.84. The van der Waals surface area contributed by atoms with Crippen LogP contribution in [-0.2, 0) is 25.7 Å². The van der Waals surface area contributed by atoms with Gasteiger partial charge in [0.15, 0.2) is 6.21 Å². The summed E-state index contributed by atoms with van der Waals surface area (Å²) in [5.41, 5.74) is 1.74. The Hall–Kier alpha value is -1.81. The molecule has 2 aromatic carbocycles. The van der Waals surface area contributed by atoms with Crippen molar-refractivity contribution in [2.24, 2.45) is 0 Å². The topological polar surface area (TPSA) is 112 Å². The molecule has 0 aliphatic carbocycles. The molecule has 0 radical (unpaired) electrons. The standard InChI is InChI=1S/C18H21NO6S2/c1-18(2)12-19(9-3-4-10-26(20,21)22)16-8-5-13-11-14(27(23,24)25)6-7-15(13)17(16)18/h5-8,11-12H,3-4,9-10H2,1-2H3,(H-,20,21,22,23,24,25)/p+1. The van der Waals surface area contributed by atoms with Crippen LogP contribution in [0.4, 0.5) is 5.69 Å². The van der Waals surface area contributed by atoms with Gasteiger partial charge in [0.05, 0.1) is 16.1 Å². The number of benzene rings is 2. The monoisotopic (exact) mass is 412 g/mol. The minimum absolute atomic E-state index is 0.142. The second-order valence-electron chi connectivity index (χ2n) is 7.36. The van der Waals surface area contributed by atoms with Gasteiger partial charge in [-0.05, 0) is 49.2 Å². The molecule has 7 nitrogen and oxygen atoms in total. The fraction of sp³-hybridized carbons (Fsp3) is 0.389. The van der Waals surface area contributed by atoms with E-state index in [0.717, 1.165) is 22.0 Å². The number of hydrogen-bond donors (Lipinski definition) is 2. The number of unbranched alkanes of at least 4 members (excludes halogenated alkanes) is 1. The molecule has 2 aromatic rings. The number of nitrogens with zero attached hydrogens (tertiary/aromatic N) is 1. The first-order valence-electron chi connectivity index (χ1n) is 8.51. The Balaban J connectivity index is 1.95. The third-order valence-corrected chi connectivity index (χ3v) is 6.41. The lowest BCUT2D eigenvalue weighted by Gasteiger charge is -2.14. The van der Waals surface area contributed by atoms with Crippen LogP contribution in [0.2, 0.25) is 0 Å². The highest BCUT2D eigenvalue weighted by molar-refractivity contribution is 7.86. The maximum Gasteiger partial charge on any atom is 0.294 e. The van der Waals surface area contributed by atoms with Gasteiger partial charge >= 0.3 is 0 Å². The molecule has 0 saturated heterocycles. The fourth-order valence-electron chi connectivity index (χ4n) is 3.65. The zero-order valence-electron chi connectivity index (χ0n) is 15.1. The van der Waals surface area contributed by atoms with E-state index in [1.54, 1.807) is 6.07 Å². The van der Waals surface area contributed by atoms with Crippen LogP contribution in [0, 0.1) is 0 Å². The average Bonchev–Trinajstić information content (AvgIpc) is 2.80. The van der Waals surface area contributed by atoms with Gasteiger partial charge in [0.25, 0.3) is 20.2 Å². The summed E-state index contributed by atoms with van der Waals surface area (Å²) in [6.45, 7) is 4.72. The van der Waals surface area contributed by atoms with Gasteiger partial charge in [0.1, 0.15) is 6.54 Å². The lowest BCUT2D eigenvalue weighted by molar-refractivity contribution is -0.434. The molecule has 0 bridgehead atoms. The van der Waals surface area contributed by atoms with E-state index in [9.17, 15) is 21.4 Å². The smallest absolute Gasteiger partial charge is 0.286 e. The van der Waals surface area contributed by atoms with Crippen LogP contribution >= 0.6 is 0 Å². The Kier molecular flexibility index (Phi) is 4.92. The minimum atomic E-state index is -4.26. The minimum Gasteiger partial charge on any atom is -0.286 e. The molecule has 0 aromatic heterocycles. The van der Waals surface area contributed by atoms with Gasteiger partial charge in [-0.1, -0.05) is 6.07 Å². The Morgan fingerprint density at radius 3 is 2.33 bits per heavy atom. The van der Waals surface area contributed by atoms with Crippen molar-refractivity contribution in [3.05, 3.63) is 35.9 Å². The molecule has 146 valence electrons. The Morgan fingerprint density at radius 2 is 1.70 bits per heavy atom. The molecule has 27 heavy (non-hydrogen) atoms. The van der Waals surface area contributed by atoms with E-state index in [-0.39, 0.29) is 16.1 Å². The fourth-order valence-corrected chi connectivity index (χ4v) is 4.73. The molecule has 2 N–H and O–H groups in total. The first-order valence-corrected chi connectivity index (χ1v) is 11.6. The van der Waals surface area contributed by atoms with Crippen molar-refractivity contribution < 1.29 is 30.5 Å². The predicted octanol–water partition coefficient (Wildman–Crippen LogP) is 2.76. The van der Waals surface area contributed by atoms with Crippen LogP contribution in [0.15, 0.2) is 35.2 Å². The van der Waals surface area contributed by atoms with E-state index >= 15 is 0 Å². The zero-order valence-corrected chi connectivity index (χ0v) is 16.7. The maximum absolute atomic E-state index is 11.4. The number of hydrogen-bond acceptors (Lipinski definition) is 4. The molecular formula is C18H22NO6S2+. The second-order valence-corrected chi connectivity index (χ2v) is 10.3. The van der Waals surface area contributed by atoms with Crippen molar-refractivity contribution >= 4 is 42.9 Å². The summed E-state index contributed by atoms with van der Waals surface area (Å²) in [7, 11) is -8.21. The summed E-state index contributed by atoms with van der Waals surface area (Å²) < 4.78 is 64.6. The van der Waals surface area contributed by atoms with E-state index < -0.39 is 20.2 Å². The summed E-state index contributed by atoms with van der Waals surface area (Å²) in [4.78, 5) is -0.142. The van der Waals surface area contributed by atoms with Crippen LogP contribution in [0.5, 0.6) is 0 Å². The van der Waals surface area contributed by atoms with Gasteiger partial charge in [-0.3, -0.25) is 9.11 Å². The Labute approximate surface area is 158 Å². The lowest BCUT2D eigenvalue weighted by Crippen LogP contribution is -2.17. The average molecular weight is 413 g/mol. The summed E-state index contributed by atoms with van der Waals surface area (Å²) in [6, 6.07) is 8.26. The molecule has 0 atom stereocenters. The van der Waals surface area contributed by atoms with Crippen molar-refractivity contribution in [3.63, 3.8) is 0 Å². The van der Waals surface area contributed by atoms with E-state index in [1.165, 1.54) is 12.1 Å². The van der Waals surface area contributed by atoms with Crippen LogP contribution in [0.25, 0.3) is 10.8 Å². The zero-order chi connectivity index (χ0) is 20.0. The van der Waals surface area contributed by atoms with Gasteiger partial charge in [0.2, 0.25) is 5.69 Å². The molecule has 0 fully saturated rings. The molecule has 0 amide bonds. The van der Waals surface area contributed by atoms with Gasteiger partial charge in [-0.2, -0.15) is 16.8 Å². The van der Waals surface area contributed by atoms with E-state index in [4.69, 9.17) is 4.55 Å². The molecule has 3 rings (SSSR count). The Bertz CT molecular complexity index is 1150. The molecular weight excluding hydrogens is 390 g/mol. The van der Waals surface area contributed by atoms with Gasteiger partial charge in [-0.25, -0.2) is 4.58 Å². The molecule has 0 spiro atoms. The normalized spacial score (nSPS) is 16.4. The van der Waals surface area contributed by atoms with Crippen LogP contribution in [0.1, 0.15) is 32.3 Å². The molecule has 1 aliphatic heterocycles.